The van der Waals surface area contributed by atoms with Crippen molar-refractivity contribution in [3.8, 4) is 11.1 Å². The summed E-state index contributed by atoms with van der Waals surface area (Å²) in [5.74, 6) is -2.83. The van der Waals surface area contributed by atoms with E-state index in [2.05, 4.69) is 5.32 Å². The van der Waals surface area contributed by atoms with E-state index >= 15 is 0 Å². The van der Waals surface area contributed by atoms with Gasteiger partial charge in [0.1, 0.15) is 10.0 Å². The van der Waals surface area contributed by atoms with Gasteiger partial charge in [-0.25, -0.2) is 18.4 Å². The number of hydrogen-bond donors (Lipinski definition) is 5. The smallest absolute Gasteiger partial charge is 0.475 e. The number of nitrogens with two attached hydrogens (primary N) is 2. The van der Waals surface area contributed by atoms with Gasteiger partial charge in [0.15, 0.2) is 0 Å². The molecule has 2 atom stereocenters. The number of aryl methyl sites for hydroxylation is 1. The van der Waals surface area contributed by atoms with Crippen molar-refractivity contribution in [2.75, 3.05) is 5.32 Å². The molecule has 1 aliphatic rings. The number of carboxylic acids is 1. The van der Waals surface area contributed by atoms with Crippen LogP contribution in [0.15, 0.2) is 58.8 Å². The Kier molecular flexibility index (Phi) is 8.29. The lowest BCUT2D eigenvalue weighted by Gasteiger charge is -2.08. The molecule has 0 unspecified atom stereocenters. The van der Waals surface area contributed by atoms with E-state index in [1.54, 1.807) is 36.4 Å². The Bertz CT molecular complexity index is 1490. The fourth-order valence-electron chi connectivity index (χ4n) is 3.66. The number of anilines is 1. The number of nitrogens with one attached hydrogen (secondary N) is 2. The Labute approximate surface area is 219 Å². The summed E-state index contributed by atoms with van der Waals surface area (Å²) in [6.45, 7) is 1.83. The van der Waals surface area contributed by atoms with Crippen LogP contribution >= 0.6 is 11.3 Å². The van der Waals surface area contributed by atoms with Gasteiger partial charge in [-0.2, -0.15) is 13.2 Å². The van der Waals surface area contributed by atoms with Crippen LogP contribution in [-0.4, -0.2) is 37.4 Å². The molecule has 1 amide bonds. The van der Waals surface area contributed by atoms with Crippen LogP contribution in [0.5, 0.6) is 0 Å². The van der Waals surface area contributed by atoms with Crippen LogP contribution in [-0.2, 0) is 19.6 Å². The number of carbonyl (C=O) groups is 2. The molecule has 1 aromatic heterocycles. The highest BCUT2D eigenvalue weighted by atomic mass is 32.2. The first-order valence-corrected chi connectivity index (χ1v) is 13.2. The number of rotatable bonds is 6. The number of carboxylic acid groups (broad SMARTS) is 1. The first-order chi connectivity index (χ1) is 17.6. The number of halogens is 3. The van der Waals surface area contributed by atoms with Crippen molar-refractivity contribution in [2.45, 2.75) is 29.6 Å². The van der Waals surface area contributed by atoms with Crippen molar-refractivity contribution in [3.05, 3.63) is 70.6 Å². The predicted octanol–water partition coefficient (Wildman–Crippen LogP) is 4.03. The molecule has 14 heteroatoms. The fourth-order valence-corrected chi connectivity index (χ4v) is 5.76. The number of amides is 1. The zero-order chi connectivity index (χ0) is 28.4. The van der Waals surface area contributed by atoms with Crippen molar-refractivity contribution in [1.29, 1.82) is 5.41 Å². The maximum Gasteiger partial charge on any atom is 0.490 e. The molecule has 0 bridgehead atoms. The molecule has 9 nitrogen and oxygen atoms in total. The highest BCUT2D eigenvalue weighted by Gasteiger charge is 2.44. The van der Waals surface area contributed by atoms with Crippen LogP contribution in [0.1, 0.15) is 28.3 Å². The van der Waals surface area contributed by atoms with Gasteiger partial charge < -0.3 is 16.2 Å². The van der Waals surface area contributed by atoms with E-state index in [4.69, 9.17) is 26.2 Å². The lowest BCUT2D eigenvalue weighted by molar-refractivity contribution is -0.192. The van der Waals surface area contributed by atoms with Gasteiger partial charge >= 0.3 is 12.1 Å². The predicted molar refractivity (Wildman–Crippen MR) is 136 cm³/mol. The number of nitrogen functional groups attached to an aromatic ring is 1. The highest BCUT2D eigenvalue weighted by Crippen LogP contribution is 2.48. The molecule has 3 aromatic rings. The summed E-state index contributed by atoms with van der Waals surface area (Å²) in [6, 6.07) is 16.3. The third kappa shape index (κ3) is 7.18. The largest absolute Gasteiger partial charge is 0.490 e. The van der Waals surface area contributed by atoms with Crippen molar-refractivity contribution >= 4 is 44.8 Å². The van der Waals surface area contributed by atoms with E-state index < -0.39 is 22.2 Å². The lowest BCUT2D eigenvalue weighted by Crippen LogP contribution is -2.21. The summed E-state index contributed by atoms with van der Waals surface area (Å²) in [6.07, 6.45) is -4.34. The average molecular weight is 569 g/mol. The van der Waals surface area contributed by atoms with Crippen LogP contribution in [0.4, 0.5) is 18.9 Å². The van der Waals surface area contributed by atoms with Gasteiger partial charge in [-0.05, 0) is 54.7 Å². The van der Waals surface area contributed by atoms with Gasteiger partial charge in [0.05, 0.1) is 0 Å². The Balaban J connectivity index is 0.000000505. The number of carbonyl (C=O) groups excluding carboxylic acids is 1. The maximum absolute atomic E-state index is 12.6. The number of sulfonamides is 1. The number of hydrogen-bond acceptors (Lipinski definition) is 6. The van der Waals surface area contributed by atoms with Gasteiger partial charge in [0, 0.05) is 27.6 Å². The number of alkyl halides is 3. The Morgan fingerprint density at radius 2 is 1.74 bits per heavy atom. The summed E-state index contributed by atoms with van der Waals surface area (Å²) in [4.78, 5) is 22.4. The van der Waals surface area contributed by atoms with E-state index in [1.807, 2.05) is 25.1 Å². The molecule has 0 spiro atoms. The molecule has 7 N–H and O–H groups in total. The first kappa shape index (κ1) is 28.8. The van der Waals surface area contributed by atoms with Crippen LogP contribution in [0.25, 0.3) is 11.1 Å². The zero-order valence-electron chi connectivity index (χ0n) is 19.7. The maximum atomic E-state index is 12.6. The standard InChI is InChI=1S/C22H22N4O3S2.C2HF3O2/c1-12-9-18(22(30-12)31(25,28)29)13-5-7-16(8-6-13)26-21(27)19-11-17(19)14-3-2-4-15(10-14)20(23)24;3-2(4,5)1(6)7/h2-10,17,19H,11H2,1H3,(H3,23,24)(H,26,27)(H2,25,28,29);(H,6,7)/t17-,19-;/m1./s1. The van der Waals surface area contributed by atoms with Gasteiger partial charge in [-0.15, -0.1) is 11.3 Å². The molecule has 1 heterocycles. The second-order valence-corrected chi connectivity index (χ2v) is 11.5. The van der Waals surface area contributed by atoms with Crippen LogP contribution < -0.4 is 16.2 Å². The van der Waals surface area contributed by atoms with Crippen molar-refractivity contribution in [3.63, 3.8) is 0 Å². The Morgan fingerprint density at radius 1 is 1.13 bits per heavy atom. The van der Waals surface area contributed by atoms with Gasteiger partial charge in [-0.1, -0.05) is 30.3 Å². The van der Waals surface area contributed by atoms with Crippen LogP contribution in [0.3, 0.4) is 0 Å². The summed E-state index contributed by atoms with van der Waals surface area (Å²) < 4.78 is 55.6. The molecule has 0 radical (unpaired) electrons. The molecule has 1 fully saturated rings. The number of primary sulfonamides is 1. The van der Waals surface area contributed by atoms with E-state index in [0.29, 0.717) is 16.8 Å². The zero-order valence-corrected chi connectivity index (χ0v) is 21.4. The number of benzene rings is 2. The summed E-state index contributed by atoms with van der Waals surface area (Å²) >= 11 is 1.14. The third-order valence-electron chi connectivity index (χ3n) is 5.54. The van der Waals surface area contributed by atoms with Crippen LogP contribution in [0, 0.1) is 18.3 Å². The van der Waals surface area contributed by atoms with Gasteiger partial charge in [0.25, 0.3) is 0 Å². The number of thiophene rings is 1. The quantitative estimate of drug-likeness (QED) is 0.221. The Hall–Kier alpha value is -3.75. The summed E-state index contributed by atoms with van der Waals surface area (Å²) in [7, 11) is -3.81. The average Bonchev–Trinajstić information content (AvgIpc) is 3.53. The molecule has 0 saturated heterocycles. The van der Waals surface area contributed by atoms with Gasteiger partial charge in [-0.3, -0.25) is 10.2 Å². The molecule has 0 aliphatic heterocycles. The lowest BCUT2D eigenvalue weighted by atomic mass is 10.0. The molecule has 1 saturated carbocycles. The van der Waals surface area contributed by atoms with Crippen molar-refractivity contribution < 1.29 is 36.3 Å². The molecule has 38 heavy (non-hydrogen) atoms. The fraction of sp³-hybridized carbons (Fsp3) is 0.208. The van der Waals surface area contributed by atoms with E-state index in [-0.39, 0.29) is 27.8 Å². The molecule has 4 rings (SSSR count). The molecular formula is C24H23F3N4O5S2. The van der Waals surface area contributed by atoms with Crippen LogP contribution in [0.2, 0.25) is 0 Å². The van der Waals surface area contributed by atoms with E-state index in [1.165, 1.54) is 0 Å². The van der Waals surface area contributed by atoms with Crippen molar-refractivity contribution in [2.24, 2.45) is 16.8 Å². The van der Waals surface area contributed by atoms with Crippen molar-refractivity contribution in [1.82, 2.24) is 0 Å². The molecule has 1 aliphatic carbocycles. The summed E-state index contributed by atoms with van der Waals surface area (Å²) in [5, 5.41) is 23.0. The minimum atomic E-state index is -5.08. The highest BCUT2D eigenvalue weighted by molar-refractivity contribution is 7.91. The number of aliphatic carboxylic acids is 1. The first-order valence-electron chi connectivity index (χ1n) is 10.9. The SMILES string of the molecule is Cc1cc(-c2ccc(NC(=O)[C@@H]3C[C@@H]3c3cccc(C(=N)N)c3)cc2)c(S(N)(=O)=O)s1.O=C(O)C(F)(F)F. The van der Waals surface area contributed by atoms with E-state index in [9.17, 15) is 26.4 Å². The second-order valence-electron chi connectivity index (χ2n) is 8.46. The monoisotopic (exact) mass is 568 g/mol. The minimum Gasteiger partial charge on any atom is -0.475 e. The normalized spacial score (nSPS) is 16.7. The third-order valence-corrected chi connectivity index (χ3v) is 8.07. The van der Waals surface area contributed by atoms with Gasteiger partial charge in [0.2, 0.25) is 15.9 Å². The second kappa shape index (κ2) is 10.9. The van der Waals surface area contributed by atoms with E-state index in [0.717, 1.165) is 33.8 Å². The minimum absolute atomic E-state index is 0.00926. The topological polar surface area (TPSA) is 176 Å². The molecule has 202 valence electrons. The molecular weight excluding hydrogens is 545 g/mol. The Morgan fingerprint density at radius 3 is 2.26 bits per heavy atom. The summed E-state index contributed by atoms with van der Waals surface area (Å²) in [5.41, 5.74) is 9.14. The number of amidine groups is 1. The molecule has 2 aromatic carbocycles.